The number of ether oxygens (including phenoxy) is 1. The highest BCUT2D eigenvalue weighted by Crippen LogP contribution is 2.51. The maximum absolute atomic E-state index is 13.2. The lowest BCUT2D eigenvalue weighted by Gasteiger charge is -2.46. The van der Waals surface area contributed by atoms with Gasteiger partial charge in [0.1, 0.15) is 0 Å². The van der Waals surface area contributed by atoms with Gasteiger partial charge < -0.3 is 25.6 Å². The number of alkyl halides is 3. The molecular weight excluding hydrogens is 457 g/mol. The SMILES string of the molecule is CN(C)CCNC=O.CNCC1CCC2C(O1)c1cc(C(F)(F)F)ccc1N[C@H]2c1ccccc1. The Kier molecular flexibility index (Phi) is 9.54. The molecule has 1 amide bonds. The largest absolute Gasteiger partial charge is 0.416 e. The van der Waals surface area contributed by atoms with E-state index >= 15 is 0 Å². The van der Waals surface area contributed by atoms with Crippen LogP contribution in [0.2, 0.25) is 0 Å². The molecular formula is C26H35F3N4O2. The number of rotatable bonds is 7. The number of benzene rings is 2. The first-order valence-electron chi connectivity index (χ1n) is 11.9. The van der Waals surface area contributed by atoms with Crippen LogP contribution in [0.5, 0.6) is 0 Å². The Morgan fingerprint density at radius 1 is 1.14 bits per heavy atom. The standard InChI is InChI=1S/C21H23F3N2O.C5H12N2O/c1-25-12-15-8-9-16-19(13-5-3-2-4-6-13)26-18-10-7-14(21(22,23)24)11-17(18)20(16)27-15;1-7(2)4-3-6-5-8/h2-7,10-11,15-16,19-20,25-26H,8-9,12H2,1H3;5H,3-4H2,1-2H3,(H,6,8)/t15?,16?,19-,20?;/m0./s1. The second kappa shape index (κ2) is 12.4. The molecule has 0 spiro atoms. The minimum Gasteiger partial charge on any atom is -0.378 e. The van der Waals surface area contributed by atoms with Crippen LogP contribution in [0.4, 0.5) is 18.9 Å². The van der Waals surface area contributed by atoms with E-state index in [9.17, 15) is 18.0 Å². The lowest BCUT2D eigenvalue weighted by Crippen LogP contribution is -2.41. The fourth-order valence-electron chi connectivity index (χ4n) is 4.65. The molecule has 35 heavy (non-hydrogen) atoms. The van der Waals surface area contributed by atoms with E-state index in [0.717, 1.165) is 43.2 Å². The molecule has 1 saturated heterocycles. The van der Waals surface area contributed by atoms with Crippen LogP contribution in [-0.4, -0.2) is 58.2 Å². The molecule has 0 radical (unpaired) electrons. The zero-order valence-corrected chi connectivity index (χ0v) is 20.4. The topological polar surface area (TPSA) is 65.6 Å². The van der Waals surface area contributed by atoms with Gasteiger partial charge in [-0.1, -0.05) is 30.3 Å². The van der Waals surface area contributed by atoms with Crippen molar-refractivity contribution >= 4 is 12.1 Å². The van der Waals surface area contributed by atoms with Crippen molar-refractivity contribution in [2.75, 3.05) is 46.1 Å². The first kappa shape index (κ1) is 27.0. The minimum atomic E-state index is -4.36. The van der Waals surface area contributed by atoms with E-state index in [1.807, 2.05) is 44.2 Å². The molecule has 0 saturated carbocycles. The summed E-state index contributed by atoms with van der Waals surface area (Å²) in [5, 5.41) is 9.15. The van der Waals surface area contributed by atoms with Crippen molar-refractivity contribution in [3.63, 3.8) is 0 Å². The summed E-state index contributed by atoms with van der Waals surface area (Å²) >= 11 is 0. The van der Waals surface area contributed by atoms with Crippen molar-refractivity contribution < 1.29 is 22.7 Å². The summed E-state index contributed by atoms with van der Waals surface area (Å²) in [6, 6.07) is 14.0. The van der Waals surface area contributed by atoms with Gasteiger partial charge in [0.05, 0.1) is 23.8 Å². The van der Waals surface area contributed by atoms with Gasteiger partial charge in [-0.25, -0.2) is 0 Å². The van der Waals surface area contributed by atoms with Crippen molar-refractivity contribution in [1.82, 2.24) is 15.5 Å². The van der Waals surface area contributed by atoms with Gasteiger partial charge in [-0.15, -0.1) is 0 Å². The minimum absolute atomic E-state index is 0.00756. The van der Waals surface area contributed by atoms with Gasteiger partial charge >= 0.3 is 6.18 Å². The summed E-state index contributed by atoms with van der Waals surface area (Å²) in [7, 11) is 5.79. The predicted octanol–water partition coefficient (Wildman–Crippen LogP) is 4.22. The van der Waals surface area contributed by atoms with Gasteiger partial charge in [0.15, 0.2) is 0 Å². The van der Waals surface area contributed by atoms with Crippen molar-refractivity contribution in [2.45, 2.75) is 37.3 Å². The van der Waals surface area contributed by atoms with Crippen LogP contribution in [-0.2, 0) is 15.7 Å². The van der Waals surface area contributed by atoms with E-state index in [1.165, 1.54) is 12.1 Å². The first-order chi connectivity index (χ1) is 16.7. The first-order valence-corrected chi connectivity index (χ1v) is 11.9. The van der Waals surface area contributed by atoms with Gasteiger partial charge in [-0.3, -0.25) is 4.79 Å². The fraction of sp³-hybridized carbons (Fsp3) is 0.500. The highest BCUT2D eigenvalue weighted by Gasteiger charge is 2.43. The molecule has 6 nitrogen and oxygen atoms in total. The molecule has 2 aliphatic rings. The molecule has 2 heterocycles. The van der Waals surface area contributed by atoms with Crippen molar-refractivity contribution in [3.05, 3.63) is 65.2 Å². The van der Waals surface area contributed by atoms with E-state index in [1.54, 1.807) is 0 Å². The number of halogens is 3. The van der Waals surface area contributed by atoms with Crippen LogP contribution >= 0.6 is 0 Å². The Hall–Kier alpha value is -2.62. The van der Waals surface area contributed by atoms with Crippen LogP contribution in [0.3, 0.4) is 0 Å². The molecule has 2 aromatic carbocycles. The average molecular weight is 493 g/mol. The predicted molar refractivity (Wildman–Crippen MR) is 131 cm³/mol. The van der Waals surface area contributed by atoms with E-state index in [0.29, 0.717) is 18.5 Å². The number of nitrogens with one attached hydrogen (secondary N) is 3. The number of likely N-dealkylation sites (N-methyl/N-ethyl adjacent to an activating group) is 2. The second-order valence-electron chi connectivity index (χ2n) is 9.19. The summed E-state index contributed by atoms with van der Waals surface area (Å²) in [4.78, 5) is 11.7. The fourth-order valence-corrected chi connectivity index (χ4v) is 4.65. The quantitative estimate of drug-likeness (QED) is 0.399. The molecule has 3 N–H and O–H groups in total. The molecule has 192 valence electrons. The Labute approximate surface area is 205 Å². The number of hydrogen-bond donors (Lipinski definition) is 3. The number of anilines is 1. The summed E-state index contributed by atoms with van der Waals surface area (Å²) in [5.74, 6) is 0.0940. The summed E-state index contributed by atoms with van der Waals surface area (Å²) < 4.78 is 46.1. The van der Waals surface area contributed by atoms with E-state index < -0.39 is 11.7 Å². The number of hydrogen-bond acceptors (Lipinski definition) is 5. The Morgan fingerprint density at radius 2 is 1.89 bits per heavy atom. The third-order valence-corrected chi connectivity index (χ3v) is 6.35. The Bertz CT molecular complexity index is 940. The van der Waals surface area contributed by atoms with Gasteiger partial charge in [0, 0.05) is 36.8 Å². The Morgan fingerprint density at radius 3 is 2.51 bits per heavy atom. The number of carbonyl (C=O) groups excluding carboxylic acids is 1. The van der Waals surface area contributed by atoms with Crippen LogP contribution in [0, 0.1) is 5.92 Å². The average Bonchev–Trinajstić information content (AvgIpc) is 2.84. The molecule has 2 aliphatic heterocycles. The lowest BCUT2D eigenvalue weighted by molar-refractivity contribution is -0.138. The van der Waals surface area contributed by atoms with E-state index in [4.69, 9.17) is 4.74 Å². The summed E-state index contributed by atoms with van der Waals surface area (Å²) in [5.41, 5.74) is 1.85. The molecule has 4 rings (SSSR count). The third-order valence-electron chi connectivity index (χ3n) is 6.35. The van der Waals surface area contributed by atoms with Crippen LogP contribution in [0.25, 0.3) is 0 Å². The third kappa shape index (κ3) is 7.19. The molecule has 9 heteroatoms. The zero-order chi connectivity index (χ0) is 25.4. The maximum atomic E-state index is 13.2. The summed E-state index contributed by atoms with van der Waals surface area (Å²) in [6.07, 6.45) is -2.20. The van der Waals surface area contributed by atoms with Crippen LogP contribution < -0.4 is 16.0 Å². The molecule has 4 atom stereocenters. The highest BCUT2D eigenvalue weighted by molar-refractivity contribution is 5.58. The van der Waals surface area contributed by atoms with Crippen LogP contribution in [0.1, 0.15) is 41.7 Å². The van der Waals surface area contributed by atoms with Crippen molar-refractivity contribution in [3.8, 4) is 0 Å². The second-order valence-corrected chi connectivity index (χ2v) is 9.19. The maximum Gasteiger partial charge on any atom is 0.416 e. The monoisotopic (exact) mass is 492 g/mol. The Balaban J connectivity index is 0.000000371. The van der Waals surface area contributed by atoms with Gasteiger partial charge in [0.2, 0.25) is 6.41 Å². The molecule has 3 unspecified atom stereocenters. The number of amides is 1. The molecule has 2 aromatic rings. The van der Waals surface area contributed by atoms with Crippen LogP contribution in [0.15, 0.2) is 48.5 Å². The summed E-state index contributed by atoms with van der Waals surface area (Å²) in [6.45, 7) is 2.33. The van der Waals surface area contributed by atoms with Gasteiger partial charge in [0.25, 0.3) is 0 Å². The number of fused-ring (bicyclic) bond motifs is 3. The normalized spacial score (nSPS) is 23.3. The van der Waals surface area contributed by atoms with Gasteiger partial charge in [-0.05, 0) is 57.7 Å². The molecule has 1 fully saturated rings. The smallest absolute Gasteiger partial charge is 0.378 e. The van der Waals surface area contributed by atoms with E-state index in [2.05, 4.69) is 28.1 Å². The van der Waals surface area contributed by atoms with E-state index in [-0.39, 0.29) is 24.2 Å². The molecule has 0 aliphatic carbocycles. The molecule has 0 aromatic heterocycles. The van der Waals surface area contributed by atoms with Gasteiger partial charge in [-0.2, -0.15) is 13.2 Å². The lowest BCUT2D eigenvalue weighted by atomic mass is 9.76. The highest BCUT2D eigenvalue weighted by atomic mass is 19.4. The number of carbonyl (C=O) groups is 1. The van der Waals surface area contributed by atoms with Crippen molar-refractivity contribution in [2.24, 2.45) is 5.92 Å². The zero-order valence-electron chi connectivity index (χ0n) is 20.4. The van der Waals surface area contributed by atoms with Crippen molar-refractivity contribution in [1.29, 1.82) is 0 Å². The molecule has 0 bridgehead atoms. The number of nitrogens with zero attached hydrogens (tertiary/aromatic N) is 1.